The van der Waals surface area contributed by atoms with Gasteiger partial charge in [0.2, 0.25) is 0 Å². The summed E-state index contributed by atoms with van der Waals surface area (Å²) in [5.41, 5.74) is 4.98. The highest BCUT2D eigenvalue weighted by atomic mass is 35.5. The number of rotatable bonds is 3. The fourth-order valence-electron chi connectivity index (χ4n) is 2.39. The minimum absolute atomic E-state index is 0.0104. The molecule has 2 atom stereocenters. The molecule has 1 aliphatic carbocycles. The van der Waals surface area contributed by atoms with Crippen molar-refractivity contribution in [1.82, 2.24) is 4.98 Å². The zero-order chi connectivity index (χ0) is 15.4. The Bertz CT molecular complexity index is 590. The lowest BCUT2D eigenvalue weighted by Crippen LogP contribution is -2.34. The Hall–Kier alpha value is -2.07. The number of anilines is 1. The summed E-state index contributed by atoms with van der Waals surface area (Å²) in [5.74, 6) is -0.655. The summed E-state index contributed by atoms with van der Waals surface area (Å²) in [6.07, 6.45) is 1.75. The van der Waals surface area contributed by atoms with Gasteiger partial charge >= 0.3 is 6.09 Å². The second-order valence-corrected chi connectivity index (χ2v) is 5.19. The van der Waals surface area contributed by atoms with Crippen LogP contribution in [0.25, 0.3) is 0 Å². The number of carbonyl (C=O) groups excluding carboxylic acids is 1. The second kappa shape index (κ2) is 6.59. The van der Waals surface area contributed by atoms with Crippen molar-refractivity contribution in [2.24, 2.45) is 5.73 Å². The van der Waals surface area contributed by atoms with Crippen molar-refractivity contribution in [3.05, 3.63) is 22.6 Å². The van der Waals surface area contributed by atoms with Gasteiger partial charge in [-0.2, -0.15) is 5.26 Å². The van der Waals surface area contributed by atoms with Gasteiger partial charge in [-0.15, -0.1) is 0 Å². The molecule has 1 aliphatic rings. The monoisotopic (exact) mass is 312 g/mol. The first-order chi connectivity index (χ1) is 9.99. The number of carbonyl (C=O) groups is 1. The van der Waals surface area contributed by atoms with Crippen LogP contribution in [-0.2, 0) is 4.74 Å². The van der Waals surface area contributed by atoms with Crippen molar-refractivity contribution >= 4 is 23.5 Å². The van der Waals surface area contributed by atoms with E-state index in [9.17, 15) is 9.18 Å². The summed E-state index contributed by atoms with van der Waals surface area (Å²) in [5, 5.41) is 11.6. The Kier molecular flexibility index (Phi) is 4.81. The second-order valence-electron chi connectivity index (χ2n) is 4.84. The summed E-state index contributed by atoms with van der Waals surface area (Å²) in [4.78, 5) is 14.6. The molecule has 1 amide bonds. The van der Waals surface area contributed by atoms with Crippen molar-refractivity contribution in [2.75, 3.05) is 5.32 Å². The van der Waals surface area contributed by atoms with Gasteiger partial charge in [-0.05, 0) is 25.3 Å². The maximum Gasteiger partial charge on any atom is 0.404 e. The van der Waals surface area contributed by atoms with Gasteiger partial charge < -0.3 is 15.8 Å². The average molecular weight is 313 g/mol. The molecule has 1 heterocycles. The lowest BCUT2D eigenvalue weighted by molar-refractivity contribution is 0.0796. The van der Waals surface area contributed by atoms with Gasteiger partial charge in [0.1, 0.15) is 17.3 Å². The summed E-state index contributed by atoms with van der Waals surface area (Å²) < 4.78 is 18.8. The number of aromatic nitrogens is 1. The Morgan fingerprint density at radius 2 is 2.38 bits per heavy atom. The van der Waals surface area contributed by atoms with Gasteiger partial charge in [0.05, 0.1) is 5.56 Å². The third-order valence-electron chi connectivity index (χ3n) is 3.30. The molecule has 0 unspecified atom stereocenters. The molecule has 3 N–H and O–H groups in total. The molecule has 1 aromatic heterocycles. The van der Waals surface area contributed by atoms with E-state index in [1.807, 2.05) is 0 Å². The first-order valence-electron chi connectivity index (χ1n) is 6.48. The highest BCUT2D eigenvalue weighted by Gasteiger charge is 2.25. The topological polar surface area (TPSA) is 101 Å². The number of amides is 1. The van der Waals surface area contributed by atoms with Crippen LogP contribution in [0, 0.1) is 17.1 Å². The Labute approximate surface area is 126 Å². The van der Waals surface area contributed by atoms with E-state index in [2.05, 4.69) is 10.3 Å². The van der Waals surface area contributed by atoms with Crippen LogP contribution in [0.15, 0.2) is 6.07 Å². The van der Waals surface area contributed by atoms with Crippen molar-refractivity contribution in [3.8, 4) is 6.07 Å². The first kappa shape index (κ1) is 15.3. The van der Waals surface area contributed by atoms with Crippen molar-refractivity contribution in [2.45, 2.75) is 37.8 Å². The number of halogens is 2. The lowest BCUT2D eigenvalue weighted by Gasteiger charge is -2.29. The molecule has 6 nitrogen and oxygen atoms in total. The number of hydrogen-bond donors (Lipinski definition) is 2. The third-order valence-corrected chi connectivity index (χ3v) is 3.59. The number of nitrogens with two attached hydrogens (primary N) is 1. The van der Waals surface area contributed by atoms with E-state index in [4.69, 9.17) is 27.3 Å². The molecule has 1 fully saturated rings. The molecule has 0 radical (unpaired) electrons. The van der Waals surface area contributed by atoms with Gasteiger partial charge in [-0.1, -0.05) is 11.6 Å². The number of nitriles is 1. The molecule has 8 heteroatoms. The molecule has 2 rings (SSSR count). The van der Waals surface area contributed by atoms with Crippen LogP contribution in [0.3, 0.4) is 0 Å². The number of primary amides is 1. The number of ether oxygens (including phenoxy) is 1. The molecule has 112 valence electrons. The Morgan fingerprint density at radius 3 is 3.05 bits per heavy atom. The van der Waals surface area contributed by atoms with Crippen LogP contribution in [0.5, 0.6) is 0 Å². The zero-order valence-corrected chi connectivity index (χ0v) is 11.9. The molecular weight excluding hydrogens is 299 g/mol. The van der Waals surface area contributed by atoms with Crippen molar-refractivity contribution < 1.29 is 13.9 Å². The predicted octanol–water partition coefficient (Wildman–Crippen LogP) is 2.56. The number of pyridine rings is 1. The van der Waals surface area contributed by atoms with E-state index in [0.717, 1.165) is 25.3 Å². The minimum Gasteiger partial charge on any atom is -0.446 e. The molecule has 1 aromatic rings. The van der Waals surface area contributed by atoms with E-state index in [0.29, 0.717) is 6.42 Å². The van der Waals surface area contributed by atoms with E-state index in [1.165, 1.54) is 0 Å². The Balaban J connectivity index is 2.06. The van der Waals surface area contributed by atoms with Crippen molar-refractivity contribution in [3.63, 3.8) is 0 Å². The summed E-state index contributed by atoms with van der Waals surface area (Å²) in [6, 6.07) is 2.70. The normalized spacial score (nSPS) is 21.4. The van der Waals surface area contributed by atoms with Crippen molar-refractivity contribution in [1.29, 1.82) is 5.26 Å². The molecule has 1 saturated carbocycles. The maximum absolute atomic E-state index is 13.8. The standard InChI is InChI=1S/C13H14ClFN4O2/c14-11-7(6-16)4-10(15)12(19-11)18-8-2-1-3-9(5-8)21-13(17)20/h4,8-9H,1-3,5H2,(H2,17,20)(H,18,19)/t8-,9+/m1/s1. The third kappa shape index (κ3) is 3.95. The van der Waals surface area contributed by atoms with Gasteiger partial charge in [-0.3, -0.25) is 0 Å². The largest absolute Gasteiger partial charge is 0.446 e. The smallest absolute Gasteiger partial charge is 0.404 e. The van der Waals surface area contributed by atoms with E-state index >= 15 is 0 Å². The number of nitrogens with zero attached hydrogens (tertiary/aromatic N) is 2. The summed E-state index contributed by atoms with van der Waals surface area (Å²) in [6.45, 7) is 0. The fraction of sp³-hybridized carbons (Fsp3) is 0.462. The van der Waals surface area contributed by atoms with Crippen LogP contribution in [0.2, 0.25) is 5.15 Å². The highest BCUT2D eigenvalue weighted by Crippen LogP contribution is 2.26. The quantitative estimate of drug-likeness (QED) is 0.835. The maximum atomic E-state index is 13.8. The minimum atomic E-state index is -0.814. The van der Waals surface area contributed by atoms with Crippen LogP contribution in [0.4, 0.5) is 15.0 Å². The SMILES string of the molecule is N#Cc1cc(F)c(N[C@@H]2CCC[C@H](OC(N)=O)C2)nc1Cl. The number of nitrogens with one attached hydrogen (secondary N) is 1. The first-order valence-corrected chi connectivity index (χ1v) is 6.86. The van der Waals surface area contributed by atoms with E-state index in [-0.39, 0.29) is 28.7 Å². The predicted molar refractivity (Wildman–Crippen MR) is 74.3 cm³/mol. The lowest BCUT2D eigenvalue weighted by atomic mass is 9.93. The summed E-state index contributed by atoms with van der Waals surface area (Å²) in [7, 11) is 0. The van der Waals surface area contributed by atoms with Crippen LogP contribution >= 0.6 is 11.6 Å². The van der Waals surface area contributed by atoms with Gasteiger partial charge in [0, 0.05) is 12.5 Å². The van der Waals surface area contributed by atoms with Gasteiger partial charge in [-0.25, -0.2) is 14.2 Å². The van der Waals surface area contributed by atoms with Crippen LogP contribution in [-0.4, -0.2) is 23.2 Å². The van der Waals surface area contributed by atoms with Crippen LogP contribution < -0.4 is 11.1 Å². The van der Waals surface area contributed by atoms with Crippen LogP contribution in [0.1, 0.15) is 31.2 Å². The molecule has 0 aromatic carbocycles. The number of hydrogen-bond acceptors (Lipinski definition) is 5. The molecule has 21 heavy (non-hydrogen) atoms. The zero-order valence-electron chi connectivity index (χ0n) is 11.1. The molecule has 0 saturated heterocycles. The van der Waals surface area contributed by atoms with Gasteiger partial charge in [0.15, 0.2) is 11.6 Å². The summed E-state index contributed by atoms with van der Waals surface area (Å²) >= 11 is 5.79. The highest BCUT2D eigenvalue weighted by molar-refractivity contribution is 6.30. The van der Waals surface area contributed by atoms with E-state index < -0.39 is 11.9 Å². The van der Waals surface area contributed by atoms with E-state index in [1.54, 1.807) is 6.07 Å². The molecule has 0 aliphatic heterocycles. The molecular formula is C13H14ClFN4O2. The average Bonchev–Trinajstić information content (AvgIpc) is 2.42. The fourth-order valence-corrected chi connectivity index (χ4v) is 2.57. The molecule has 0 bridgehead atoms. The molecule has 0 spiro atoms. The van der Waals surface area contributed by atoms with Gasteiger partial charge in [0.25, 0.3) is 0 Å². The Morgan fingerprint density at radius 1 is 1.62 bits per heavy atom.